The van der Waals surface area contributed by atoms with Gasteiger partial charge in [-0.3, -0.25) is 34.3 Å². The molecule has 36 heteroatoms. The largest absolute Gasteiger partial charge is 0.480 e. The number of carbonyl (C=O) groups is 9. The lowest BCUT2D eigenvalue weighted by atomic mass is 9.86. The summed E-state index contributed by atoms with van der Waals surface area (Å²) in [4.78, 5) is 145. The molecule has 0 bridgehead atoms. The van der Waals surface area contributed by atoms with Gasteiger partial charge in [-0.05, 0) is 209 Å². The van der Waals surface area contributed by atoms with Gasteiger partial charge < -0.3 is 65.6 Å². The monoisotopic (exact) mass is 2170 g/mol. The van der Waals surface area contributed by atoms with Crippen molar-refractivity contribution in [2.24, 2.45) is 17.6 Å². The number of nitrogens with one attached hydrogen (secondary N) is 4. The first-order valence-electron chi connectivity index (χ1n) is 50.9. The number of nitrogens with zero attached hydrogens (tertiary/aromatic N) is 9. The van der Waals surface area contributed by atoms with Crippen LogP contribution in [0, 0.1) is 11.8 Å². The Hall–Kier alpha value is -11.6. The number of rotatable bonds is 43. The Morgan fingerprint density at radius 2 is 0.745 bits per heavy atom. The average molecular weight is 2180 g/mol. The number of halogens is 2. The maximum atomic E-state index is 14.0. The molecule has 29 nitrogen and oxygen atoms in total. The number of carbonyl (C=O) groups excluding carboxylic acids is 8. The smallest absolute Gasteiger partial charge is 0.411 e. The maximum Gasteiger partial charge on any atom is 0.411 e. The highest BCUT2D eigenvalue weighted by atomic mass is 35.5. The van der Waals surface area contributed by atoms with Crippen LogP contribution in [0.4, 0.5) is 28.8 Å². The Labute approximate surface area is 911 Å². The first-order valence-corrected chi connectivity index (χ1v) is 55.3. The normalized spacial score (nSPS) is 15.3. The van der Waals surface area contributed by atoms with Crippen molar-refractivity contribution in [3.63, 3.8) is 0 Å². The van der Waals surface area contributed by atoms with Crippen molar-refractivity contribution < 1.29 is 71.9 Å². The predicted octanol–water partition coefficient (Wildman–Crippen LogP) is 23.5. The van der Waals surface area contributed by atoms with Gasteiger partial charge in [0, 0.05) is 111 Å². The second kappa shape index (κ2) is 64.8. The highest BCUT2D eigenvalue weighted by Gasteiger charge is 2.41. The quantitative estimate of drug-likeness (QED) is 0.0193. The highest BCUT2D eigenvalue weighted by Crippen LogP contribution is 2.33. The standard InChI is InChI=1S/C38H47N5O4S2.C34H43N3O5S.C23H27N3O2S.C10H17NO4.C8H14N2S.2ClH/c1-27(2)36-40-32(25-48-36)23-42(3)38(46)43-18-10-15-34(43)35(44)21-30(19-28-11-6-4-7-12-28)16-17-31(20-29-13-8-5-9-14-29)41-37(45)47-24-33-22-39-26-49-33;1-34(2,3)42-33(40)37-18-10-15-30(37)31(38)21-27(19-25-11-6-4-7-12-25)16-17-28(20-26-13-8-5-9-14-26)36-32(39)41-23-29-22-35-24-43-29;24-20(13-18-7-3-1-4-8-18)11-12-21(14-19-9-5-2-6-10-19)26-23(27)28-16-22-15-25-17-29-22;1-10(2,3)15-9(14)11-6-4-5-7(11)8(12)13;1-6(2)8-10-7(4-9-3)5-11-8;;/h4-9,11-14,22,25-27,30-31,34H,10,15-21,23-24H2,1-3H3,(H,41,45);4-9,11-14,22,24,27-28,30H,10,15-21,23H2,1-3H3,(H,36,39);1-10,15,17,20-21H,11-14,16,24H2,(H,26,27);7H,4-6H2,1-3H3,(H,12,13);5-6,9H,4H2,1-3H3;2*1H/t30-,31-,34+;27-,28-,30+;20-,21-;7-;;;/m1110.../s1. The molecule has 3 aliphatic heterocycles. The number of aliphatic carboxylic acids is 1. The molecule has 806 valence electrons. The number of ether oxygens (including phenoxy) is 5. The predicted molar refractivity (Wildman–Crippen MR) is 596 cm³/mol. The van der Waals surface area contributed by atoms with Crippen LogP contribution >= 0.6 is 81.5 Å². The first kappa shape index (κ1) is 123. The Balaban J connectivity index is 0.000000245. The molecule has 11 aromatic rings. The van der Waals surface area contributed by atoms with Gasteiger partial charge in [-0.1, -0.05) is 210 Å². The highest BCUT2D eigenvalue weighted by molar-refractivity contribution is 7.10. The number of urea groups is 1. The van der Waals surface area contributed by atoms with E-state index in [9.17, 15) is 43.2 Å². The summed E-state index contributed by atoms with van der Waals surface area (Å²) >= 11 is 7.72. The van der Waals surface area contributed by atoms with E-state index in [0.29, 0.717) is 95.8 Å². The minimum absolute atomic E-state index is 0. The number of Topliss-reactive ketones (excluding diaryl/α,β-unsaturated/α-hetero) is 2. The fourth-order valence-corrected chi connectivity index (χ4v) is 20.7. The number of aromatic nitrogens is 5. The van der Waals surface area contributed by atoms with E-state index in [2.05, 4.69) is 135 Å². The minimum Gasteiger partial charge on any atom is -0.480 e. The van der Waals surface area contributed by atoms with Crippen LogP contribution in [-0.4, -0.2) is 191 Å². The summed E-state index contributed by atoms with van der Waals surface area (Å²) in [7, 11) is 3.73. The second-order valence-corrected chi connectivity index (χ2v) is 44.7. The molecule has 0 radical (unpaired) electrons. The molecule has 3 saturated heterocycles. The van der Waals surface area contributed by atoms with Gasteiger partial charge in [-0.2, -0.15) is 0 Å². The molecule has 9 atom stereocenters. The fraction of sp³-hybridized carbons (Fsp3) is 0.469. The number of benzene rings is 6. The summed E-state index contributed by atoms with van der Waals surface area (Å²) in [5, 5.41) is 27.6. The molecule has 0 aliphatic carbocycles. The van der Waals surface area contributed by atoms with Gasteiger partial charge >= 0.3 is 42.5 Å². The van der Waals surface area contributed by atoms with Crippen LogP contribution < -0.4 is 27.0 Å². The van der Waals surface area contributed by atoms with E-state index in [1.807, 2.05) is 155 Å². The van der Waals surface area contributed by atoms with Crippen molar-refractivity contribution in [3.05, 3.63) is 297 Å². The molecule has 0 saturated carbocycles. The summed E-state index contributed by atoms with van der Waals surface area (Å²) in [5.74, 6) is 0.209. The van der Waals surface area contributed by atoms with Crippen LogP contribution in [0.25, 0.3) is 0 Å². The van der Waals surface area contributed by atoms with Crippen LogP contribution in [0.2, 0.25) is 0 Å². The Kier molecular flexibility index (Phi) is 53.3. The Bertz CT molecular complexity index is 5700. The number of thiazole rings is 5. The van der Waals surface area contributed by atoms with E-state index in [1.54, 1.807) is 100 Å². The van der Waals surface area contributed by atoms with E-state index in [4.69, 9.17) is 39.5 Å². The van der Waals surface area contributed by atoms with Crippen molar-refractivity contribution in [2.45, 2.75) is 296 Å². The van der Waals surface area contributed by atoms with E-state index in [0.717, 1.165) is 125 Å². The zero-order chi connectivity index (χ0) is 105. The third-order valence-corrected chi connectivity index (χ3v) is 29.4. The maximum absolute atomic E-state index is 14.0. The molecule has 0 unspecified atom stereocenters. The molecule has 149 heavy (non-hydrogen) atoms. The third-order valence-electron chi connectivity index (χ3n) is 24.7. The number of hydrogen-bond acceptors (Lipinski definition) is 26. The van der Waals surface area contributed by atoms with Crippen molar-refractivity contribution in [2.75, 3.05) is 33.7 Å². The Morgan fingerprint density at radius 1 is 0.430 bits per heavy atom. The van der Waals surface area contributed by atoms with E-state index in [1.165, 1.54) is 60.6 Å². The summed E-state index contributed by atoms with van der Waals surface area (Å²) in [5.41, 5.74) is 19.3. The number of likely N-dealkylation sites (tertiary alicyclic amines) is 3. The summed E-state index contributed by atoms with van der Waals surface area (Å²) in [6.45, 7) is 22.8. The van der Waals surface area contributed by atoms with Gasteiger partial charge in [-0.15, -0.1) is 81.5 Å². The fourth-order valence-electron chi connectivity index (χ4n) is 17.5. The van der Waals surface area contributed by atoms with Crippen molar-refractivity contribution in [3.8, 4) is 0 Å². The van der Waals surface area contributed by atoms with Crippen LogP contribution in [0.1, 0.15) is 240 Å². The summed E-state index contributed by atoms with van der Waals surface area (Å²) in [6, 6.07) is 58.8. The topological polar surface area (TPSA) is 372 Å². The van der Waals surface area contributed by atoms with E-state index >= 15 is 0 Å². The number of amides is 7. The third kappa shape index (κ3) is 45.6. The summed E-state index contributed by atoms with van der Waals surface area (Å²) < 4.78 is 27.1. The first-order chi connectivity index (χ1) is 70.6. The van der Waals surface area contributed by atoms with Crippen molar-refractivity contribution in [1.82, 2.24) is 65.8 Å². The van der Waals surface area contributed by atoms with Gasteiger partial charge in [0.15, 0.2) is 11.6 Å². The number of carboxylic acids is 1. The van der Waals surface area contributed by atoms with Gasteiger partial charge in [0.05, 0.1) is 71.2 Å². The number of nitrogens with two attached hydrogens (primary N) is 1. The van der Waals surface area contributed by atoms with Crippen LogP contribution in [0.5, 0.6) is 0 Å². The van der Waals surface area contributed by atoms with Gasteiger partial charge in [0.1, 0.15) is 37.1 Å². The lowest BCUT2D eigenvalue weighted by molar-refractivity contribution is -0.142. The SMILES string of the molecule is CC(C)(C)OC(=O)N1CCC[C@H]1C(=O)C[C@H](CC[C@H](Cc1ccccc1)NC(=O)OCc1cncs1)Cc1ccccc1.CC(C)(C)OC(=O)N1CCC[C@H]1C(=O)O.CC(C)c1nc(CN(C)C(=O)N2CCC[C@H]2C(=O)C[C@H](CC[C@H](Cc2ccccc2)NC(=O)OCc2cncs2)Cc2ccccc2)cs1.CNCc1csc(C(C)C)n1.Cl.Cl.N[C@H](CC[C@H](Cc1ccccc1)NC(=O)OCc1cncs1)Cc1ccccc1. The number of carboxylic acid groups (broad SMARTS) is 1. The van der Waals surface area contributed by atoms with Crippen LogP contribution in [-0.2, 0) is 110 Å². The molecule has 8 heterocycles. The van der Waals surface area contributed by atoms with Gasteiger partial charge in [0.2, 0.25) is 0 Å². The zero-order valence-corrected chi connectivity index (χ0v) is 93.4. The van der Waals surface area contributed by atoms with Crippen molar-refractivity contribution >= 4 is 136 Å². The van der Waals surface area contributed by atoms with Crippen molar-refractivity contribution in [1.29, 1.82) is 0 Å². The lowest BCUT2D eigenvalue weighted by Crippen LogP contribution is -2.46. The lowest BCUT2D eigenvalue weighted by Gasteiger charge is -2.30. The molecular weight excluding hydrogens is 2020 g/mol. The number of ketones is 2. The molecule has 0 spiro atoms. The average Bonchev–Trinajstić information content (AvgIpc) is 1.69. The number of alkyl carbamates (subject to hydrolysis) is 3. The molecule has 3 fully saturated rings. The Morgan fingerprint density at radius 3 is 1.07 bits per heavy atom. The molecule has 14 rings (SSSR count). The van der Waals surface area contributed by atoms with E-state index < -0.39 is 65.8 Å². The number of hydrogen-bond donors (Lipinski definition) is 6. The second-order valence-electron chi connectivity index (χ2n) is 40.0. The van der Waals surface area contributed by atoms with Gasteiger partial charge in [-0.25, -0.2) is 43.5 Å². The van der Waals surface area contributed by atoms with Gasteiger partial charge in [0.25, 0.3) is 0 Å². The minimum atomic E-state index is -0.960. The molecule has 7 N–H and O–H groups in total. The molecule has 6 aromatic carbocycles. The molecule has 7 amide bonds. The molecule has 5 aromatic heterocycles. The van der Waals surface area contributed by atoms with E-state index in [-0.39, 0.29) is 98.2 Å². The van der Waals surface area contributed by atoms with Crippen LogP contribution in [0.15, 0.2) is 228 Å². The zero-order valence-electron chi connectivity index (χ0n) is 87.7. The molecular formula is C113H150Cl2N14O15S5. The van der Waals surface area contributed by atoms with Crippen LogP contribution in [0.3, 0.4) is 0 Å². The summed E-state index contributed by atoms with van der Waals surface area (Å²) in [6.07, 6.45) is 16.4. The molecule has 3 aliphatic rings.